The van der Waals surface area contributed by atoms with Crippen LogP contribution >= 0.6 is 0 Å². The van der Waals surface area contributed by atoms with Crippen molar-refractivity contribution in [1.29, 1.82) is 0 Å². The second-order valence-electron chi connectivity index (χ2n) is 1.79. The lowest BCUT2D eigenvalue weighted by Crippen LogP contribution is -2.14. The van der Waals surface area contributed by atoms with Crippen LogP contribution in [0.25, 0.3) is 0 Å². The smallest absolute Gasteiger partial charge is 0.0192 e. The lowest BCUT2D eigenvalue weighted by molar-refractivity contribution is 0.657. The maximum Gasteiger partial charge on any atom is 0.0192 e. The molecule has 1 unspecified atom stereocenters. The van der Waals surface area contributed by atoms with E-state index in [4.69, 9.17) is 11.5 Å². The van der Waals surface area contributed by atoms with Gasteiger partial charge in [0.1, 0.15) is 0 Å². The molecule has 2 heteroatoms. The Balaban J connectivity index is 2.68. The van der Waals surface area contributed by atoms with Crippen LogP contribution in [0.4, 0.5) is 0 Å². The Labute approximate surface area is 44.9 Å². The highest BCUT2D eigenvalue weighted by Gasteiger charge is 1.89. The van der Waals surface area contributed by atoms with Crippen molar-refractivity contribution in [2.75, 3.05) is 0 Å². The lowest BCUT2D eigenvalue weighted by Gasteiger charge is -1.99. The highest BCUT2D eigenvalue weighted by Crippen LogP contribution is 1.91. The van der Waals surface area contributed by atoms with E-state index in [1.165, 1.54) is 0 Å². The first kappa shape index (κ1) is 6.92. The summed E-state index contributed by atoms with van der Waals surface area (Å²) in [5.74, 6) is 0. The molecule has 0 aromatic carbocycles. The third-order valence-corrected chi connectivity index (χ3v) is 0.789. The summed E-state index contributed by atoms with van der Waals surface area (Å²) in [7, 11) is 0. The molecule has 0 aliphatic heterocycles. The molecule has 0 aliphatic carbocycles. The molecule has 0 rings (SSSR count). The topological polar surface area (TPSA) is 52.0 Å². The Morgan fingerprint density at radius 1 is 1.71 bits per heavy atom. The van der Waals surface area contributed by atoms with E-state index >= 15 is 0 Å². The predicted molar refractivity (Wildman–Crippen MR) is 31.4 cm³/mol. The maximum atomic E-state index is 5.40. The number of hydrogen-bond donors (Lipinski definition) is 2. The van der Waals surface area contributed by atoms with Crippen LogP contribution < -0.4 is 11.5 Å². The van der Waals surface area contributed by atoms with Crippen LogP contribution in [0.5, 0.6) is 0 Å². The fourth-order valence-electron chi connectivity index (χ4n) is 0.359. The van der Waals surface area contributed by atoms with E-state index in [-0.39, 0.29) is 0 Å². The zero-order valence-electron chi connectivity index (χ0n) is 4.72. The zero-order valence-corrected chi connectivity index (χ0v) is 4.72. The van der Waals surface area contributed by atoms with Crippen LogP contribution in [0.2, 0.25) is 0 Å². The van der Waals surface area contributed by atoms with E-state index in [1.54, 1.807) is 6.54 Å². The van der Waals surface area contributed by atoms with Crippen molar-refractivity contribution in [1.82, 2.24) is 0 Å². The van der Waals surface area contributed by atoms with Gasteiger partial charge in [-0.05, 0) is 19.8 Å². The molecule has 0 aromatic rings. The van der Waals surface area contributed by atoms with Gasteiger partial charge in [0, 0.05) is 12.6 Å². The summed E-state index contributed by atoms with van der Waals surface area (Å²) in [6.07, 6.45) is 1.92. The van der Waals surface area contributed by atoms with Crippen LogP contribution in [0.3, 0.4) is 0 Å². The van der Waals surface area contributed by atoms with Gasteiger partial charge in [-0.2, -0.15) is 0 Å². The molecule has 0 bridgehead atoms. The predicted octanol–water partition coefficient (Wildman–Crippen LogP) is 0.234. The molecule has 7 heavy (non-hydrogen) atoms. The normalized spacial score (nSPS) is 14.1. The minimum atomic E-state index is 0.291. The number of hydrogen-bond acceptors (Lipinski definition) is 2. The largest absolute Gasteiger partial charge is 0.328 e. The SMILES string of the molecule is CC(N)CC[CH]N. The third kappa shape index (κ3) is 5.92. The molecule has 0 saturated heterocycles. The maximum absolute atomic E-state index is 5.40. The lowest BCUT2D eigenvalue weighted by atomic mass is 10.2. The van der Waals surface area contributed by atoms with Crippen LogP contribution in [0.15, 0.2) is 0 Å². The molecule has 0 fully saturated rings. The minimum Gasteiger partial charge on any atom is -0.328 e. The van der Waals surface area contributed by atoms with Crippen LogP contribution in [0, 0.1) is 6.54 Å². The number of nitrogens with two attached hydrogens (primary N) is 2. The van der Waals surface area contributed by atoms with Gasteiger partial charge in [0.2, 0.25) is 0 Å². The van der Waals surface area contributed by atoms with Crippen molar-refractivity contribution in [3.8, 4) is 0 Å². The van der Waals surface area contributed by atoms with Gasteiger partial charge in [-0.1, -0.05) is 0 Å². The highest BCUT2D eigenvalue weighted by atomic mass is 14.6. The van der Waals surface area contributed by atoms with E-state index in [9.17, 15) is 0 Å². The average molecular weight is 101 g/mol. The zero-order chi connectivity index (χ0) is 5.70. The van der Waals surface area contributed by atoms with Crippen molar-refractivity contribution >= 4 is 0 Å². The molecule has 0 heterocycles. The van der Waals surface area contributed by atoms with Gasteiger partial charge in [0.05, 0.1) is 0 Å². The summed E-state index contributed by atoms with van der Waals surface area (Å²) >= 11 is 0. The van der Waals surface area contributed by atoms with Gasteiger partial charge in [-0.3, -0.25) is 0 Å². The molecule has 0 spiro atoms. The molecule has 0 aliphatic rings. The van der Waals surface area contributed by atoms with Crippen molar-refractivity contribution in [2.45, 2.75) is 25.8 Å². The standard InChI is InChI=1S/C5H13N2/c1-5(7)3-2-4-6/h4-5H,2-3,6-7H2,1H3. The Morgan fingerprint density at radius 3 is 2.43 bits per heavy atom. The number of rotatable bonds is 3. The Morgan fingerprint density at radius 2 is 2.29 bits per heavy atom. The molecule has 0 amide bonds. The fourth-order valence-corrected chi connectivity index (χ4v) is 0.359. The Hall–Kier alpha value is -0.0800. The molecular weight excluding hydrogens is 88.1 g/mol. The quantitative estimate of drug-likeness (QED) is 0.535. The summed E-state index contributed by atoms with van der Waals surface area (Å²) in [4.78, 5) is 0. The molecule has 2 nitrogen and oxygen atoms in total. The molecule has 0 aromatic heterocycles. The summed E-state index contributed by atoms with van der Waals surface area (Å²) in [5.41, 5.74) is 10.5. The molecule has 1 radical (unpaired) electrons. The third-order valence-electron chi connectivity index (χ3n) is 0.789. The van der Waals surface area contributed by atoms with E-state index in [1.807, 2.05) is 6.92 Å². The first-order valence-corrected chi connectivity index (χ1v) is 2.56. The molecule has 43 valence electrons. The van der Waals surface area contributed by atoms with Crippen molar-refractivity contribution in [2.24, 2.45) is 11.5 Å². The van der Waals surface area contributed by atoms with Gasteiger partial charge >= 0.3 is 0 Å². The minimum absolute atomic E-state index is 0.291. The summed E-state index contributed by atoms with van der Waals surface area (Å²) in [5, 5.41) is 0. The molecule has 1 atom stereocenters. The van der Waals surface area contributed by atoms with Crippen molar-refractivity contribution in [3.63, 3.8) is 0 Å². The monoisotopic (exact) mass is 101 g/mol. The fraction of sp³-hybridized carbons (Fsp3) is 0.800. The van der Waals surface area contributed by atoms with Crippen LogP contribution in [-0.2, 0) is 0 Å². The Bertz CT molecular complexity index is 35.1. The molecular formula is C5H13N2. The van der Waals surface area contributed by atoms with Gasteiger partial charge in [0.15, 0.2) is 0 Å². The average Bonchev–Trinajstić information content (AvgIpc) is 1.61. The summed E-state index contributed by atoms with van der Waals surface area (Å²) in [6.45, 7) is 3.62. The summed E-state index contributed by atoms with van der Waals surface area (Å²) < 4.78 is 0. The van der Waals surface area contributed by atoms with Gasteiger partial charge in [0.25, 0.3) is 0 Å². The second-order valence-corrected chi connectivity index (χ2v) is 1.79. The van der Waals surface area contributed by atoms with Gasteiger partial charge < -0.3 is 11.5 Å². The van der Waals surface area contributed by atoms with E-state index in [0.717, 1.165) is 12.8 Å². The van der Waals surface area contributed by atoms with Gasteiger partial charge in [-0.25, -0.2) is 0 Å². The Kier molecular flexibility index (Phi) is 4.04. The van der Waals surface area contributed by atoms with Gasteiger partial charge in [-0.15, -0.1) is 0 Å². The van der Waals surface area contributed by atoms with Crippen LogP contribution in [0.1, 0.15) is 19.8 Å². The second kappa shape index (κ2) is 4.09. The van der Waals surface area contributed by atoms with E-state index in [2.05, 4.69) is 0 Å². The van der Waals surface area contributed by atoms with Crippen molar-refractivity contribution < 1.29 is 0 Å². The summed E-state index contributed by atoms with van der Waals surface area (Å²) in [6, 6.07) is 0.291. The van der Waals surface area contributed by atoms with E-state index in [0.29, 0.717) is 6.04 Å². The van der Waals surface area contributed by atoms with E-state index < -0.39 is 0 Å². The van der Waals surface area contributed by atoms with Crippen LogP contribution in [-0.4, -0.2) is 6.04 Å². The first-order chi connectivity index (χ1) is 3.27. The highest BCUT2D eigenvalue weighted by molar-refractivity contribution is 4.59. The first-order valence-electron chi connectivity index (χ1n) is 2.56. The van der Waals surface area contributed by atoms with Crippen molar-refractivity contribution in [3.05, 3.63) is 6.54 Å². The molecule has 4 N–H and O–H groups in total. The molecule has 0 saturated carbocycles.